The number of carbonyl (C=O) groups excluding carboxylic acids is 2. The van der Waals surface area contributed by atoms with E-state index in [1.54, 1.807) is 6.92 Å². The fourth-order valence-corrected chi connectivity index (χ4v) is 2.73. The van der Waals surface area contributed by atoms with E-state index in [9.17, 15) is 18.4 Å². The molecule has 1 aliphatic carbocycles. The highest BCUT2D eigenvalue weighted by Crippen LogP contribution is 2.24. The summed E-state index contributed by atoms with van der Waals surface area (Å²) in [5.41, 5.74) is 0.584. The van der Waals surface area contributed by atoms with Gasteiger partial charge in [-0.05, 0) is 38.8 Å². The van der Waals surface area contributed by atoms with Crippen LogP contribution < -0.4 is 5.32 Å². The molecule has 0 bridgehead atoms. The lowest BCUT2D eigenvalue weighted by Crippen LogP contribution is -2.25. The first kappa shape index (κ1) is 19.1. The maximum absolute atomic E-state index is 13.5. The molecule has 134 valence electrons. The molecule has 25 heavy (non-hydrogen) atoms. The normalized spacial score (nSPS) is 17.2. The summed E-state index contributed by atoms with van der Waals surface area (Å²) in [5.74, 6) is -4.09. The highest BCUT2D eigenvalue weighted by atomic mass is 35.5. The second kappa shape index (κ2) is 8.25. The predicted molar refractivity (Wildman–Crippen MR) is 90.3 cm³/mol. The molecular formula is C18H18ClF2NO3. The molecule has 7 heteroatoms. The number of Topliss-reactive ketones (excluding diaryl/α,β-unsaturated/α-hetero) is 1. The Bertz CT molecular complexity index is 759. The van der Waals surface area contributed by atoms with Crippen LogP contribution in [-0.2, 0) is 9.53 Å². The third-order valence-corrected chi connectivity index (χ3v) is 4.09. The Labute approximate surface area is 149 Å². The average Bonchev–Trinajstić information content (AvgIpc) is 2.96. The molecule has 1 aliphatic rings. The molecule has 1 aromatic carbocycles. The van der Waals surface area contributed by atoms with E-state index in [2.05, 4.69) is 11.4 Å². The molecule has 0 aliphatic heterocycles. The minimum absolute atomic E-state index is 0.0534. The Morgan fingerprint density at radius 2 is 2.04 bits per heavy atom. The van der Waals surface area contributed by atoms with Crippen molar-refractivity contribution >= 4 is 23.4 Å². The Morgan fingerprint density at radius 3 is 2.64 bits per heavy atom. The minimum Gasteiger partial charge on any atom is -0.462 e. The predicted octanol–water partition coefficient (Wildman–Crippen LogP) is 3.95. The lowest BCUT2D eigenvalue weighted by molar-refractivity contribution is -0.138. The van der Waals surface area contributed by atoms with Gasteiger partial charge in [0, 0.05) is 17.8 Å². The molecule has 0 radical (unpaired) electrons. The Hall–Kier alpha value is -2.21. The number of rotatable bonds is 6. The number of ketones is 1. The Balaban J connectivity index is 2.30. The minimum atomic E-state index is -1.22. The first-order valence-corrected chi connectivity index (χ1v) is 8.19. The maximum Gasteiger partial charge on any atom is 0.343 e. The first-order valence-electron chi connectivity index (χ1n) is 7.81. The molecule has 0 saturated carbocycles. The fraction of sp³-hybridized carbons (Fsp3) is 0.333. The van der Waals surface area contributed by atoms with Gasteiger partial charge in [-0.15, -0.1) is 0 Å². The quantitative estimate of drug-likeness (QED) is 0.157. The number of halogens is 3. The molecule has 2 rings (SSSR count). The van der Waals surface area contributed by atoms with Crippen molar-refractivity contribution in [1.29, 1.82) is 0 Å². The second-order valence-corrected chi connectivity index (χ2v) is 6.11. The van der Waals surface area contributed by atoms with Crippen molar-refractivity contribution in [3.63, 3.8) is 0 Å². The molecule has 0 saturated heterocycles. The standard InChI is InChI=1S/C18H18ClF2NO3/c1-3-25-18(24)13(9-22-11-5-4-10(2)6-11)17(23)12-7-15(20)16(21)8-14(12)19/h4,7-9,11,22H,3,5-6H2,1-2H3. The van der Waals surface area contributed by atoms with Gasteiger partial charge in [0.1, 0.15) is 5.57 Å². The van der Waals surface area contributed by atoms with Crippen LogP contribution >= 0.6 is 11.6 Å². The van der Waals surface area contributed by atoms with Crippen LogP contribution in [0.3, 0.4) is 0 Å². The molecular weight excluding hydrogens is 352 g/mol. The number of carbonyl (C=O) groups is 2. The third-order valence-electron chi connectivity index (χ3n) is 3.78. The van der Waals surface area contributed by atoms with Gasteiger partial charge in [-0.2, -0.15) is 0 Å². The summed E-state index contributed by atoms with van der Waals surface area (Å²) in [6.45, 7) is 3.66. The van der Waals surface area contributed by atoms with Crippen molar-refractivity contribution in [2.45, 2.75) is 32.7 Å². The van der Waals surface area contributed by atoms with Crippen molar-refractivity contribution in [2.24, 2.45) is 0 Å². The van der Waals surface area contributed by atoms with E-state index < -0.39 is 23.4 Å². The van der Waals surface area contributed by atoms with Crippen LogP contribution in [0.5, 0.6) is 0 Å². The van der Waals surface area contributed by atoms with Gasteiger partial charge in [0.05, 0.1) is 11.6 Å². The highest BCUT2D eigenvalue weighted by Gasteiger charge is 2.25. The van der Waals surface area contributed by atoms with Crippen LogP contribution in [0.1, 0.15) is 37.0 Å². The van der Waals surface area contributed by atoms with Crippen LogP contribution in [0, 0.1) is 11.6 Å². The largest absolute Gasteiger partial charge is 0.462 e. The Kier molecular flexibility index (Phi) is 6.31. The summed E-state index contributed by atoms with van der Waals surface area (Å²) in [6, 6.07) is 1.43. The second-order valence-electron chi connectivity index (χ2n) is 5.71. The van der Waals surface area contributed by atoms with Gasteiger partial charge in [-0.3, -0.25) is 4.79 Å². The van der Waals surface area contributed by atoms with E-state index in [1.807, 2.05) is 6.92 Å². The molecule has 0 aromatic heterocycles. The van der Waals surface area contributed by atoms with Crippen LogP contribution in [0.25, 0.3) is 0 Å². The monoisotopic (exact) mass is 369 g/mol. The molecule has 1 atom stereocenters. The molecule has 0 fully saturated rings. The lowest BCUT2D eigenvalue weighted by Gasteiger charge is -2.13. The average molecular weight is 370 g/mol. The SMILES string of the molecule is CCOC(=O)C(=CNC1CC=C(C)C1)C(=O)c1cc(F)c(F)cc1Cl. The van der Waals surface area contributed by atoms with E-state index in [1.165, 1.54) is 11.8 Å². The summed E-state index contributed by atoms with van der Waals surface area (Å²) in [4.78, 5) is 24.7. The molecule has 1 aromatic rings. The van der Waals surface area contributed by atoms with Crippen LogP contribution in [0.2, 0.25) is 5.02 Å². The summed E-state index contributed by atoms with van der Waals surface area (Å²) in [5, 5.41) is 2.72. The molecule has 0 amide bonds. The van der Waals surface area contributed by atoms with E-state index in [0.29, 0.717) is 12.1 Å². The number of hydrogen-bond donors (Lipinski definition) is 1. The third kappa shape index (κ3) is 4.66. The van der Waals surface area contributed by atoms with Crippen LogP contribution in [-0.4, -0.2) is 24.4 Å². The van der Waals surface area contributed by atoms with Gasteiger partial charge in [0.15, 0.2) is 11.6 Å². The molecule has 0 heterocycles. The van der Waals surface area contributed by atoms with Gasteiger partial charge in [-0.1, -0.05) is 23.3 Å². The summed E-state index contributed by atoms with van der Waals surface area (Å²) in [7, 11) is 0. The highest BCUT2D eigenvalue weighted by molar-refractivity contribution is 6.36. The van der Waals surface area contributed by atoms with Crippen molar-refractivity contribution in [1.82, 2.24) is 5.32 Å². The summed E-state index contributed by atoms with van der Waals surface area (Å²) < 4.78 is 31.5. The van der Waals surface area contributed by atoms with E-state index >= 15 is 0 Å². The topological polar surface area (TPSA) is 55.4 Å². The van der Waals surface area contributed by atoms with Crippen LogP contribution in [0.4, 0.5) is 8.78 Å². The smallest absolute Gasteiger partial charge is 0.343 e. The Morgan fingerprint density at radius 1 is 1.36 bits per heavy atom. The zero-order chi connectivity index (χ0) is 18.6. The molecule has 1 unspecified atom stereocenters. The van der Waals surface area contributed by atoms with Gasteiger partial charge in [0.25, 0.3) is 0 Å². The van der Waals surface area contributed by atoms with E-state index in [-0.39, 0.29) is 28.8 Å². The summed E-state index contributed by atoms with van der Waals surface area (Å²) in [6.07, 6.45) is 4.86. The number of hydrogen-bond acceptors (Lipinski definition) is 4. The van der Waals surface area contributed by atoms with Gasteiger partial charge >= 0.3 is 5.97 Å². The van der Waals surface area contributed by atoms with E-state index in [4.69, 9.17) is 16.3 Å². The number of benzene rings is 1. The summed E-state index contributed by atoms with van der Waals surface area (Å²) >= 11 is 5.83. The number of ether oxygens (including phenoxy) is 1. The zero-order valence-corrected chi connectivity index (χ0v) is 14.6. The number of esters is 1. The first-order chi connectivity index (χ1) is 11.8. The van der Waals surface area contributed by atoms with E-state index in [0.717, 1.165) is 12.8 Å². The molecule has 4 nitrogen and oxygen atoms in total. The van der Waals surface area contributed by atoms with Crippen molar-refractivity contribution < 1.29 is 23.1 Å². The van der Waals surface area contributed by atoms with Crippen molar-refractivity contribution in [2.75, 3.05) is 6.61 Å². The zero-order valence-electron chi connectivity index (χ0n) is 13.9. The molecule has 0 spiro atoms. The number of nitrogens with one attached hydrogen (secondary N) is 1. The lowest BCUT2D eigenvalue weighted by atomic mass is 10.0. The van der Waals surface area contributed by atoms with Gasteiger partial charge < -0.3 is 10.1 Å². The van der Waals surface area contributed by atoms with Crippen molar-refractivity contribution in [3.05, 3.63) is 57.8 Å². The van der Waals surface area contributed by atoms with Crippen molar-refractivity contribution in [3.8, 4) is 0 Å². The molecule has 1 N–H and O–H groups in total. The van der Waals surface area contributed by atoms with Gasteiger partial charge in [0.2, 0.25) is 5.78 Å². The maximum atomic E-state index is 13.5. The van der Waals surface area contributed by atoms with Crippen LogP contribution in [0.15, 0.2) is 35.6 Å². The van der Waals surface area contributed by atoms with Gasteiger partial charge in [-0.25, -0.2) is 13.6 Å². The fourth-order valence-electron chi connectivity index (χ4n) is 2.49.